The van der Waals surface area contributed by atoms with Gasteiger partial charge in [-0.1, -0.05) is 26.0 Å². The molecule has 0 aliphatic rings. The summed E-state index contributed by atoms with van der Waals surface area (Å²) in [5, 5.41) is 2.80. The van der Waals surface area contributed by atoms with Crippen LogP contribution in [0.5, 0.6) is 11.5 Å². The molecule has 0 fully saturated rings. The van der Waals surface area contributed by atoms with Crippen LogP contribution in [0, 0.1) is 5.92 Å². The normalized spacial score (nSPS) is 12.1. The van der Waals surface area contributed by atoms with Crippen LogP contribution in [0.15, 0.2) is 42.6 Å². The Morgan fingerprint density at radius 3 is 2.37 bits per heavy atom. The molecular weight excluding hydrogens is 397 g/mol. The van der Waals surface area contributed by atoms with Gasteiger partial charge in [0.25, 0.3) is 5.91 Å². The van der Waals surface area contributed by atoms with Crippen molar-refractivity contribution in [2.24, 2.45) is 5.92 Å². The van der Waals surface area contributed by atoms with Gasteiger partial charge in [0.15, 0.2) is 11.5 Å². The van der Waals surface area contributed by atoms with Crippen LogP contribution in [0.1, 0.15) is 30.7 Å². The number of rotatable bonds is 8. The average Bonchev–Trinajstić information content (AvgIpc) is 2.71. The fraction of sp³-hybridized carbons (Fsp3) is 0.364. The molecule has 1 heterocycles. The molecule has 1 aromatic carbocycles. The molecule has 0 aliphatic carbocycles. The minimum absolute atomic E-state index is 0.0145. The summed E-state index contributed by atoms with van der Waals surface area (Å²) in [6.07, 6.45) is -1.52. The molecule has 30 heavy (non-hydrogen) atoms. The lowest BCUT2D eigenvalue weighted by molar-refractivity contribution is -0.137. The Morgan fingerprint density at radius 2 is 1.83 bits per heavy atom. The number of aromatic nitrogens is 1. The van der Waals surface area contributed by atoms with Gasteiger partial charge in [0.1, 0.15) is 0 Å². The number of carbonyl (C=O) groups is 1. The third-order valence-electron chi connectivity index (χ3n) is 4.26. The second-order valence-corrected chi connectivity index (χ2v) is 6.95. The smallest absolute Gasteiger partial charge is 0.417 e. The summed E-state index contributed by atoms with van der Waals surface area (Å²) in [5.74, 6) is 0.827. The number of allylic oxidation sites excluding steroid dienone is 1. The molecule has 2 aromatic rings. The minimum Gasteiger partial charge on any atom is -0.493 e. The summed E-state index contributed by atoms with van der Waals surface area (Å²) < 4.78 is 48.8. The van der Waals surface area contributed by atoms with Crippen LogP contribution in [0.2, 0.25) is 0 Å². The van der Waals surface area contributed by atoms with Crippen molar-refractivity contribution in [3.05, 3.63) is 59.4 Å². The second-order valence-electron chi connectivity index (χ2n) is 6.95. The van der Waals surface area contributed by atoms with Crippen molar-refractivity contribution in [1.82, 2.24) is 10.3 Å². The number of carbonyl (C=O) groups excluding carboxylic acids is 1. The lowest BCUT2D eigenvalue weighted by Crippen LogP contribution is -2.27. The van der Waals surface area contributed by atoms with E-state index < -0.39 is 17.6 Å². The van der Waals surface area contributed by atoms with Crippen LogP contribution in [0.4, 0.5) is 13.2 Å². The van der Waals surface area contributed by atoms with E-state index in [2.05, 4.69) is 10.3 Å². The van der Waals surface area contributed by atoms with Gasteiger partial charge in [-0.3, -0.25) is 9.78 Å². The Labute approximate surface area is 173 Å². The molecule has 0 aliphatic heterocycles. The first-order chi connectivity index (χ1) is 14.2. The molecule has 2 rings (SSSR count). The van der Waals surface area contributed by atoms with Crippen LogP contribution in [-0.4, -0.2) is 31.7 Å². The highest BCUT2D eigenvalue weighted by molar-refractivity contribution is 6.18. The van der Waals surface area contributed by atoms with Gasteiger partial charge in [0.05, 0.1) is 31.1 Å². The Morgan fingerprint density at radius 1 is 1.13 bits per heavy atom. The summed E-state index contributed by atoms with van der Waals surface area (Å²) in [6.45, 7) is 4.09. The van der Waals surface area contributed by atoms with Crippen LogP contribution in [0.25, 0.3) is 5.57 Å². The highest BCUT2D eigenvalue weighted by Gasteiger charge is 2.31. The van der Waals surface area contributed by atoms with E-state index in [1.807, 2.05) is 26.0 Å². The van der Waals surface area contributed by atoms with Crippen LogP contribution in [0.3, 0.4) is 0 Å². The number of methoxy groups -OCH3 is 2. The van der Waals surface area contributed by atoms with E-state index in [0.717, 1.165) is 17.8 Å². The zero-order valence-corrected chi connectivity index (χ0v) is 17.3. The molecule has 1 amide bonds. The first-order valence-electron chi connectivity index (χ1n) is 9.40. The highest BCUT2D eigenvalue weighted by atomic mass is 19.4. The van der Waals surface area contributed by atoms with E-state index in [-0.39, 0.29) is 17.2 Å². The predicted octanol–water partition coefficient (Wildman–Crippen LogP) is 4.52. The molecule has 0 bridgehead atoms. The second kappa shape index (κ2) is 10.1. The van der Waals surface area contributed by atoms with Gasteiger partial charge >= 0.3 is 6.18 Å². The molecule has 0 saturated carbocycles. The van der Waals surface area contributed by atoms with E-state index in [0.29, 0.717) is 24.5 Å². The zero-order valence-electron chi connectivity index (χ0n) is 17.3. The Hall–Kier alpha value is -3.03. The first-order valence-corrected chi connectivity index (χ1v) is 9.40. The fourth-order valence-electron chi connectivity index (χ4n) is 2.78. The molecule has 8 heteroatoms. The van der Waals surface area contributed by atoms with Crippen molar-refractivity contribution < 1.29 is 27.4 Å². The van der Waals surface area contributed by atoms with Crippen LogP contribution < -0.4 is 14.8 Å². The molecule has 0 saturated heterocycles. The third-order valence-corrected chi connectivity index (χ3v) is 4.26. The Balaban J connectivity index is 2.09. The molecule has 1 N–H and O–H groups in total. The van der Waals surface area contributed by atoms with Gasteiger partial charge in [-0.15, -0.1) is 0 Å². The number of hydrogen-bond donors (Lipinski definition) is 1. The number of nitrogens with zero attached hydrogens (tertiary/aromatic N) is 1. The fourth-order valence-corrected chi connectivity index (χ4v) is 2.78. The SMILES string of the molecule is COc1ccc(CCNC(=O)/C(=C\C(C)C)c2ccc(C(F)(F)F)cn2)cc1OC. The van der Waals surface area contributed by atoms with Crippen LogP contribution >= 0.6 is 0 Å². The number of halogens is 3. The van der Waals surface area contributed by atoms with Gasteiger partial charge in [0.2, 0.25) is 0 Å². The van der Waals surface area contributed by atoms with E-state index in [1.54, 1.807) is 26.4 Å². The molecule has 1 aromatic heterocycles. The van der Waals surface area contributed by atoms with Crippen molar-refractivity contribution in [2.45, 2.75) is 26.4 Å². The van der Waals surface area contributed by atoms with Crippen molar-refractivity contribution >= 4 is 11.5 Å². The van der Waals surface area contributed by atoms with Crippen molar-refractivity contribution in [2.75, 3.05) is 20.8 Å². The number of pyridine rings is 1. The molecule has 162 valence electrons. The van der Waals surface area contributed by atoms with Gasteiger partial charge in [-0.2, -0.15) is 13.2 Å². The largest absolute Gasteiger partial charge is 0.493 e. The maximum atomic E-state index is 12.8. The van der Waals surface area contributed by atoms with Crippen molar-refractivity contribution in [3.8, 4) is 11.5 Å². The average molecular weight is 422 g/mol. The van der Waals surface area contributed by atoms with E-state index in [1.165, 1.54) is 6.07 Å². The molecule has 0 spiro atoms. The minimum atomic E-state index is -4.48. The zero-order chi connectivity index (χ0) is 22.3. The lowest BCUT2D eigenvalue weighted by atomic mass is 10.0. The van der Waals surface area contributed by atoms with E-state index in [9.17, 15) is 18.0 Å². The molecule has 0 unspecified atom stereocenters. The Kier molecular flexibility index (Phi) is 7.86. The summed E-state index contributed by atoms with van der Waals surface area (Å²) in [7, 11) is 3.10. The number of nitrogens with one attached hydrogen (secondary N) is 1. The van der Waals surface area contributed by atoms with Crippen molar-refractivity contribution in [1.29, 1.82) is 0 Å². The topological polar surface area (TPSA) is 60.5 Å². The number of amides is 1. The quantitative estimate of drug-likeness (QED) is 0.636. The number of benzene rings is 1. The van der Waals surface area contributed by atoms with Crippen molar-refractivity contribution in [3.63, 3.8) is 0 Å². The number of alkyl halides is 3. The van der Waals surface area contributed by atoms with Gasteiger partial charge in [0, 0.05) is 12.7 Å². The first kappa shape index (κ1) is 23.3. The number of hydrogen-bond acceptors (Lipinski definition) is 4. The Bertz CT molecular complexity index is 891. The van der Waals surface area contributed by atoms with E-state index >= 15 is 0 Å². The molecular formula is C22H25F3N2O3. The summed E-state index contributed by atoms with van der Waals surface area (Å²) in [6, 6.07) is 7.62. The standard InChI is InChI=1S/C22H25F3N2O3/c1-14(2)11-17(18-7-6-16(13-27-18)22(23,24)25)21(28)26-10-9-15-5-8-19(29-3)20(12-15)30-4/h5-8,11-14H,9-10H2,1-4H3,(H,26,28)/b17-11-. The van der Waals surface area contributed by atoms with Gasteiger partial charge in [-0.05, 0) is 42.2 Å². The van der Waals surface area contributed by atoms with Gasteiger partial charge in [-0.25, -0.2) is 0 Å². The summed E-state index contributed by atoms with van der Waals surface area (Å²) in [4.78, 5) is 16.5. The summed E-state index contributed by atoms with van der Waals surface area (Å²) >= 11 is 0. The monoisotopic (exact) mass is 422 g/mol. The van der Waals surface area contributed by atoms with Crippen LogP contribution in [-0.2, 0) is 17.4 Å². The predicted molar refractivity (Wildman–Crippen MR) is 108 cm³/mol. The highest BCUT2D eigenvalue weighted by Crippen LogP contribution is 2.29. The summed E-state index contributed by atoms with van der Waals surface area (Å²) in [5.41, 5.74) is 0.519. The number of ether oxygens (including phenoxy) is 2. The maximum absolute atomic E-state index is 12.8. The van der Waals surface area contributed by atoms with Gasteiger partial charge < -0.3 is 14.8 Å². The molecule has 0 radical (unpaired) electrons. The third kappa shape index (κ3) is 6.23. The lowest BCUT2D eigenvalue weighted by Gasteiger charge is -2.12. The maximum Gasteiger partial charge on any atom is 0.417 e. The molecule has 0 atom stereocenters. The molecule has 5 nitrogen and oxygen atoms in total. The van der Waals surface area contributed by atoms with E-state index in [4.69, 9.17) is 9.47 Å².